The fourth-order valence-electron chi connectivity index (χ4n) is 8.97. The Labute approximate surface area is 181 Å². The van der Waals surface area contributed by atoms with Crippen LogP contribution in [0.5, 0.6) is 0 Å². The summed E-state index contributed by atoms with van der Waals surface area (Å²) in [5.41, 5.74) is -1.91. The summed E-state index contributed by atoms with van der Waals surface area (Å²) in [6.07, 6.45) is 4.61. The maximum atomic E-state index is 13.8. The molecule has 4 saturated carbocycles. The zero-order chi connectivity index (χ0) is 22.0. The van der Waals surface area contributed by atoms with E-state index >= 15 is 0 Å². The van der Waals surface area contributed by atoms with Gasteiger partial charge in [-0.2, -0.15) is 0 Å². The van der Waals surface area contributed by atoms with Crippen molar-refractivity contribution >= 4 is 23.5 Å². The second-order valence-corrected chi connectivity index (χ2v) is 11.3. The van der Waals surface area contributed by atoms with E-state index < -0.39 is 34.4 Å². The molecule has 2 spiro atoms. The minimum absolute atomic E-state index is 0.0283. The Morgan fingerprint density at radius 3 is 2.52 bits per heavy atom. The van der Waals surface area contributed by atoms with Crippen LogP contribution >= 0.6 is 0 Å². The molecule has 7 heteroatoms. The highest BCUT2D eigenvalue weighted by molar-refractivity contribution is 6.04. The number of carbonyl (C=O) groups is 4. The predicted octanol–water partition coefficient (Wildman–Crippen LogP) is 2.38. The minimum Gasteiger partial charge on any atom is -0.468 e. The van der Waals surface area contributed by atoms with Crippen LogP contribution in [-0.4, -0.2) is 47.9 Å². The molecule has 9 atom stereocenters. The van der Waals surface area contributed by atoms with E-state index in [0.717, 1.165) is 19.3 Å². The molecule has 4 aliphatic carbocycles. The number of ether oxygens (including phenoxy) is 3. The van der Waals surface area contributed by atoms with Crippen LogP contribution in [0, 0.1) is 34.5 Å². The van der Waals surface area contributed by atoms with Gasteiger partial charge in [-0.1, -0.05) is 13.8 Å². The fourth-order valence-corrected chi connectivity index (χ4v) is 8.97. The molecular formula is C24H30O7. The third-order valence-electron chi connectivity index (χ3n) is 10.5. The van der Waals surface area contributed by atoms with Gasteiger partial charge in [0.2, 0.25) is 0 Å². The Bertz CT molecular complexity index is 927. The molecule has 2 heterocycles. The number of methoxy groups -OCH3 is 1. The first-order valence-corrected chi connectivity index (χ1v) is 11.7. The average molecular weight is 430 g/mol. The molecule has 31 heavy (non-hydrogen) atoms. The third kappa shape index (κ3) is 2.06. The molecule has 4 unspecified atom stereocenters. The topological polar surface area (TPSA) is 99.3 Å². The van der Waals surface area contributed by atoms with Crippen molar-refractivity contribution < 1.29 is 33.4 Å². The first-order chi connectivity index (χ1) is 14.6. The zero-order valence-electron chi connectivity index (χ0n) is 18.4. The largest absolute Gasteiger partial charge is 0.468 e. The summed E-state index contributed by atoms with van der Waals surface area (Å²) in [4.78, 5) is 51.3. The van der Waals surface area contributed by atoms with Crippen molar-refractivity contribution in [1.29, 1.82) is 0 Å². The standard InChI is InChI=1S/C24H30O7/c1-21-7-4-12(25)10-14(21)19(27)17(20(28)29-3)18-13-5-8-23(9-6-16(26)31-23)22(13,2)11-15-24(18,21)30-15/h13-15,17-18H,4-11H2,1-3H3/t13?,14?,15-,17?,18?,21+,22+,23-,24-/m1/s1. The average Bonchev–Trinajstić information content (AvgIpc) is 3.23. The highest BCUT2D eigenvalue weighted by Gasteiger charge is 2.85. The molecule has 0 radical (unpaired) electrons. The maximum absolute atomic E-state index is 13.8. The van der Waals surface area contributed by atoms with Crippen LogP contribution in [0.4, 0.5) is 0 Å². The molecule has 6 fully saturated rings. The fraction of sp³-hybridized carbons (Fsp3) is 0.833. The molecule has 0 aromatic rings. The second-order valence-electron chi connectivity index (χ2n) is 11.3. The summed E-state index contributed by atoms with van der Waals surface area (Å²) in [6.45, 7) is 4.28. The summed E-state index contributed by atoms with van der Waals surface area (Å²) in [7, 11) is 1.32. The van der Waals surface area contributed by atoms with Gasteiger partial charge in [0.25, 0.3) is 0 Å². The molecule has 0 N–H and O–H groups in total. The van der Waals surface area contributed by atoms with Gasteiger partial charge in [0.05, 0.1) is 13.2 Å². The number of rotatable bonds is 1. The molecule has 2 saturated heterocycles. The molecule has 0 bridgehead atoms. The van der Waals surface area contributed by atoms with Gasteiger partial charge in [-0.3, -0.25) is 19.2 Å². The van der Waals surface area contributed by atoms with Crippen LogP contribution in [-0.2, 0) is 33.4 Å². The number of hydrogen-bond acceptors (Lipinski definition) is 7. The van der Waals surface area contributed by atoms with Crippen molar-refractivity contribution in [3.63, 3.8) is 0 Å². The van der Waals surface area contributed by atoms with Crippen LogP contribution in [0.15, 0.2) is 0 Å². The van der Waals surface area contributed by atoms with Crippen molar-refractivity contribution in [2.24, 2.45) is 34.5 Å². The van der Waals surface area contributed by atoms with Crippen LogP contribution in [0.3, 0.4) is 0 Å². The van der Waals surface area contributed by atoms with E-state index in [1.807, 2.05) is 0 Å². The lowest BCUT2D eigenvalue weighted by atomic mass is 9.41. The summed E-state index contributed by atoms with van der Waals surface area (Å²) in [6, 6.07) is 0. The Kier molecular flexibility index (Phi) is 3.70. The van der Waals surface area contributed by atoms with Crippen molar-refractivity contribution in [2.75, 3.05) is 7.11 Å². The number of epoxide rings is 1. The number of esters is 2. The predicted molar refractivity (Wildman–Crippen MR) is 106 cm³/mol. The van der Waals surface area contributed by atoms with Gasteiger partial charge in [0.15, 0.2) is 5.78 Å². The van der Waals surface area contributed by atoms with Crippen molar-refractivity contribution in [2.45, 2.75) is 82.5 Å². The summed E-state index contributed by atoms with van der Waals surface area (Å²) in [5, 5.41) is 0. The molecule has 7 nitrogen and oxygen atoms in total. The molecule has 0 amide bonds. The Morgan fingerprint density at radius 1 is 1.06 bits per heavy atom. The molecule has 0 aromatic carbocycles. The highest BCUT2D eigenvalue weighted by Crippen LogP contribution is 2.78. The number of hydrogen-bond donors (Lipinski definition) is 0. The van der Waals surface area contributed by atoms with Gasteiger partial charge in [-0.15, -0.1) is 0 Å². The Hall–Kier alpha value is -1.76. The van der Waals surface area contributed by atoms with Crippen molar-refractivity contribution in [1.82, 2.24) is 0 Å². The number of ketones is 2. The van der Waals surface area contributed by atoms with Gasteiger partial charge in [-0.05, 0) is 38.0 Å². The third-order valence-corrected chi connectivity index (χ3v) is 10.5. The molecular weight excluding hydrogens is 400 g/mol. The van der Waals surface area contributed by atoms with Gasteiger partial charge >= 0.3 is 11.9 Å². The number of Topliss-reactive ketones (excluding diaryl/α,β-unsaturated/α-hetero) is 2. The lowest BCUT2D eigenvalue weighted by Gasteiger charge is -2.59. The summed E-state index contributed by atoms with van der Waals surface area (Å²) in [5.74, 6) is -2.43. The lowest BCUT2D eigenvalue weighted by molar-refractivity contribution is -0.187. The van der Waals surface area contributed by atoms with E-state index in [9.17, 15) is 19.2 Å². The summed E-state index contributed by atoms with van der Waals surface area (Å²) >= 11 is 0. The van der Waals surface area contributed by atoms with Gasteiger partial charge < -0.3 is 14.2 Å². The normalized spacial score (nSPS) is 54.5. The first-order valence-electron chi connectivity index (χ1n) is 11.7. The molecule has 6 rings (SSSR count). The smallest absolute Gasteiger partial charge is 0.316 e. The molecule has 6 aliphatic rings. The zero-order valence-corrected chi connectivity index (χ0v) is 18.4. The van der Waals surface area contributed by atoms with E-state index in [1.165, 1.54) is 7.11 Å². The van der Waals surface area contributed by atoms with E-state index in [0.29, 0.717) is 25.7 Å². The van der Waals surface area contributed by atoms with Crippen LogP contribution in [0.25, 0.3) is 0 Å². The molecule has 0 aromatic heterocycles. The van der Waals surface area contributed by atoms with Crippen LogP contribution in [0.2, 0.25) is 0 Å². The first kappa shape index (κ1) is 19.9. The van der Waals surface area contributed by atoms with Crippen LogP contribution in [0.1, 0.15) is 65.2 Å². The summed E-state index contributed by atoms with van der Waals surface area (Å²) < 4.78 is 17.7. The SMILES string of the molecule is COC(=O)C1C(=O)C2CC(=O)CC[C@]2(C)[C@@]23O[C@@H]2C[C@@]2(C)C(CC[C@@]24CCC(=O)O4)C13. The van der Waals surface area contributed by atoms with E-state index in [4.69, 9.17) is 14.2 Å². The van der Waals surface area contributed by atoms with Crippen molar-refractivity contribution in [3.05, 3.63) is 0 Å². The minimum atomic E-state index is -0.921. The molecule has 168 valence electrons. The number of carbonyl (C=O) groups excluding carboxylic acids is 4. The highest BCUT2D eigenvalue weighted by atomic mass is 16.6. The molecule has 2 aliphatic heterocycles. The monoisotopic (exact) mass is 430 g/mol. The number of fused-ring (bicyclic) bond motifs is 4. The quantitative estimate of drug-likeness (QED) is 0.358. The second kappa shape index (κ2) is 5.77. The lowest BCUT2D eigenvalue weighted by Crippen LogP contribution is -2.68. The Morgan fingerprint density at radius 2 is 1.84 bits per heavy atom. The van der Waals surface area contributed by atoms with E-state index in [2.05, 4.69) is 13.8 Å². The van der Waals surface area contributed by atoms with E-state index in [-0.39, 0.29) is 47.3 Å². The van der Waals surface area contributed by atoms with Crippen molar-refractivity contribution in [3.8, 4) is 0 Å². The van der Waals surface area contributed by atoms with Gasteiger partial charge in [0.1, 0.15) is 22.9 Å². The van der Waals surface area contributed by atoms with Gasteiger partial charge in [-0.25, -0.2) is 0 Å². The Balaban J connectivity index is 1.50. The van der Waals surface area contributed by atoms with E-state index in [1.54, 1.807) is 0 Å². The maximum Gasteiger partial charge on any atom is 0.316 e. The van der Waals surface area contributed by atoms with Gasteiger partial charge in [0, 0.05) is 41.9 Å². The van der Waals surface area contributed by atoms with Crippen LogP contribution < -0.4 is 0 Å².